The van der Waals surface area contributed by atoms with Crippen molar-refractivity contribution < 1.29 is 8.42 Å². The first kappa shape index (κ1) is 15.0. The van der Waals surface area contributed by atoms with Gasteiger partial charge in [0.25, 0.3) is 0 Å². The van der Waals surface area contributed by atoms with Gasteiger partial charge >= 0.3 is 0 Å². The van der Waals surface area contributed by atoms with Crippen LogP contribution < -0.4 is 5.32 Å². The number of piperidine rings is 1. The number of nitrogens with zero attached hydrogens (tertiary/aromatic N) is 2. The average molecular weight is 309 g/mol. The lowest BCUT2D eigenvalue weighted by Gasteiger charge is -2.35. The zero-order valence-electron chi connectivity index (χ0n) is 12.7. The van der Waals surface area contributed by atoms with Gasteiger partial charge in [-0.15, -0.1) is 0 Å². The van der Waals surface area contributed by atoms with Crippen LogP contribution in [-0.2, 0) is 23.1 Å². The second kappa shape index (κ2) is 5.68. The van der Waals surface area contributed by atoms with Gasteiger partial charge in [-0.2, -0.15) is 4.31 Å². The first-order chi connectivity index (χ1) is 9.98. The lowest BCUT2D eigenvalue weighted by atomic mass is 10.1. The van der Waals surface area contributed by atoms with E-state index >= 15 is 0 Å². The van der Waals surface area contributed by atoms with Crippen molar-refractivity contribution in [3.63, 3.8) is 0 Å². The van der Waals surface area contributed by atoms with Crippen molar-refractivity contribution in [3.8, 4) is 0 Å². The minimum absolute atomic E-state index is 0.310. The van der Waals surface area contributed by atoms with Crippen LogP contribution >= 0.6 is 0 Å². The van der Waals surface area contributed by atoms with E-state index in [1.807, 2.05) is 26.2 Å². The molecule has 0 aliphatic carbocycles. The van der Waals surface area contributed by atoms with Gasteiger partial charge in [-0.25, -0.2) is 8.42 Å². The number of benzene rings is 1. The van der Waals surface area contributed by atoms with Crippen LogP contribution in [0.5, 0.6) is 0 Å². The average Bonchev–Trinajstić information content (AvgIpc) is 2.94. The molecular formula is C15H23N3O2S. The summed E-state index contributed by atoms with van der Waals surface area (Å²) < 4.78 is 27.3. The number of hydrogen-bond acceptors (Lipinski definition) is 4. The second-order valence-electron chi connectivity index (χ2n) is 6.16. The summed E-state index contributed by atoms with van der Waals surface area (Å²) in [5.74, 6) is 0. The van der Waals surface area contributed by atoms with Crippen LogP contribution in [0.2, 0.25) is 0 Å². The highest BCUT2D eigenvalue weighted by Crippen LogP contribution is 2.25. The van der Waals surface area contributed by atoms with Crippen molar-refractivity contribution in [2.75, 3.05) is 27.2 Å². The molecule has 6 heteroatoms. The monoisotopic (exact) mass is 309 g/mol. The summed E-state index contributed by atoms with van der Waals surface area (Å²) in [6, 6.07) is 5.84. The molecule has 2 aliphatic rings. The van der Waals surface area contributed by atoms with Crippen LogP contribution in [0.4, 0.5) is 0 Å². The van der Waals surface area contributed by atoms with Gasteiger partial charge in [-0.05, 0) is 50.2 Å². The molecule has 2 aliphatic heterocycles. The Morgan fingerprint density at radius 2 is 2.00 bits per heavy atom. The molecule has 1 aromatic carbocycles. The van der Waals surface area contributed by atoms with E-state index in [1.165, 1.54) is 5.56 Å². The number of hydrogen-bond donors (Lipinski definition) is 1. The van der Waals surface area contributed by atoms with Crippen molar-refractivity contribution in [1.82, 2.24) is 14.5 Å². The highest BCUT2D eigenvalue weighted by Gasteiger charge is 2.31. The predicted octanol–water partition coefficient (Wildman–Crippen LogP) is 1.00. The lowest BCUT2D eigenvalue weighted by Crippen LogP contribution is -2.47. The van der Waals surface area contributed by atoms with Gasteiger partial charge < -0.3 is 10.2 Å². The number of rotatable bonds is 3. The Labute approximate surface area is 127 Å². The Balaban J connectivity index is 1.86. The molecular weight excluding hydrogens is 286 g/mol. The SMILES string of the molecule is CN(C)C1CCCN(S(=O)(=O)c2ccc3c(c2)CNC3)C1. The fourth-order valence-electron chi connectivity index (χ4n) is 3.14. The predicted molar refractivity (Wildman–Crippen MR) is 82.5 cm³/mol. The standard InChI is InChI=1S/C15H23N3O2S/c1-17(2)14-4-3-7-18(11-14)21(19,20)15-6-5-12-9-16-10-13(12)8-15/h5-6,8,14,16H,3-4,7,9-11H2,1-2H3. The van der Waals surface area contributed by atoms with Gasteiger partial charge in [-0.3, -0.25) is 0 Å². The van der Waals surface area contributed by atoms with E-state index in [-0.39, 0.29) is 0 Å². The Bertz CT molecular complexity index is 628. The van der Waals surface area contributed by atoms with Gasteiger partial charge in [0.1, 0.15) is 0 Å². The summed E-state index contributed by atoms with van der Waals surface area (Å²) in [5, 5.41) is 3.25. The largest absolute Gasteiger partial charge is 0.309 e. The number of fused-ring (bicyclic) bond motifs is 1. The van der Waals surface area contributed by atoms with E-state index in [0.717, 1.165) is 31.5 Å². The van der Waals surface area contributed by atoms with Crippen LogP contribution in [0.1, 0.15) is 24.0 Å². The Hall–Kier alpha value is -0.950. The molecule has 1 aromatic rings. The molecule has 1 saturated heterocycles. The highest BCUT2D eigenvalue weighted by molar-refractivity contribution is 7.89. The molecule has 0 bridgehead atoms. The Kier molecular flexibility index (Phi) is 4.05. The van der Waals surface area contributed by atoms with Gasteiger partial charge in [0.15, 0.2) is 0 Å². The van der Waals surface area contributed by atoms with Crippen LogP contribution in [0.25, 0.3) is 0 Å². The summed E-state index contributed by atoms with van der Waals surface area (Å²) in [5.41, 5.74) is 2.32. The smallest absolute Gasteiger partial charge is 0.243 e. The van der Waals surface area contributed by atoms with E-state index in [9.17, 15) is 8.42 Å². The van der Waals surface area contributed by atoms with Crippen LogP contribution in [0.3, 0.4) is 0 Å². The summed E-state index contributed by atoms with van der Waals surface area (Å²) in [7, 11) is 0.660. The molecule has 0 amide bonds. The van der Waals surface area contributed by atoms with Crippen LogP contribution in [0, 0.1) is 0 Å². The third-order valence-corrected chi connectivity index (χ3v) is 6.40. The van der Waals surface area contributed by atoms with Crippen LogP contribution in [0.15, 0.2) is 23.1 Å². The summed E-state index contributed by atoms with van der Waals surface area (Å²) in [6.07, 6.45) is 1.99. The first-order valence-electron chi connectivity index (χ1n) is 7.47. The van der Waals surface area contributed by atoms with E-state index < -0.39 is 10.0 Å². The minimum Gasteiger partial charge on any atom is -0.309 e. The topological polar surface area (TPSA) is 52.7 Å². The zero-order chi connectivity index (χ0) is 15.0. The molecule has 5 nitrogen and oxygen atoms in total. The van der Waals surface area contributed by atoms with Gasteiger partial charge in [0.2, 0.25) is 10.0 Å². The van der Waals surface area contributed by atoms with Gasteiger partial charge in [0, 0.05) is 32.2 Å². The van der Waals surface area contributed by atoms with Crippen molar-refractivity contribution in [3.05, 3.63) is 29.3 Å². The minimum atomic E-state index is -3.37. The second-order valence-corrected chi connectivity index (χ2v) is 8.09. The maximum absolute atomic E-state index is 12.8. The molecule has 21 heavy (non-hydrogen) atoms. The first-order valence-corrected chi connectivity index (χ1v) is 8.91. The summed E-state index contributed by atoms with van der Waals surface area (Å²) in [4.78, 5) is 2.55. The maximum Gasteiger partial charge on any atom is 0.243 e. The third kappa shape index (κ3) is 2.85. The van der Waals surface area contributed by atoms with Crippen LogP contribution in [-0.4, -0.2) is 50.8 Å². The Morgan fingerprint density at radius 1 is 1.24 bits per heavy atom. The van der Waals surface area contributed by atoms with E-state index in [0.29, 0.717) is 24.0 Å². The van der Waals surface area contributed by atoms with E-state index in [4.69, 9.17) is 0 Å². The molecule has 1 atom stereocenters. The fourth-order valence-corrected chi connectivity index (χ4v) is 4.71. The normalized spacial score (nSPS) is 23.5. The van der Waals surface area contributed by atoms with Crippen molar-refractivity contribution in [2.45, 2.75) is 36.9 Å². The molecule has 1 N–H and O–H groups in total. The quantitative estimate of drug-likeness (QED) is 0.905. The number of sulfonamides is 1. The highest BCUT2D eigenvalue weighted by atomic mass is 32.2. The fraction of sp³-hybridized carbons (Fsp3) is 0.600. The Morgan fingerprint density at radius 3 is 2.76 bits per heavy atom. The van der Waals surface area contributed by atoms with Gasteiger partial charge in [0.05, 0.1) is 4.90 Å². The molecule has 2 heterocycles. The third-order valence-electron chi connectivity index (χ3n) is 4.54. The van der Waals surface area contributed by atoms with Crippen molar-refractivity contribution in [2.24, 2.45) is 0 Å². The van der Waals surface area contributed by atoms with Crippen molar-refractivity contribution >= 4 is 10.0 Å². The molecule has 3 rings (SSSR count). The number of likely N-dealkylation sites (N-methyl/N-ethyl adjacent to an activating group) is 1. The molecule has 0 saturated carbocycles. The molecule has 116 valence electrons. The maximum atomic E-state index is 12.8. The summed E-state index contributed by atoms with van der Waals surface area (Å²) in [6.45, 7) is 2.81. The van der Waals surface area contributed by atoms with Crippen molar-refractivity contribution in [1.29, 1.82) is 0 Å². The molecule has 1 fully saturated rings. The zero-order valence-corrected chi connectivity index (χ0v) is 13.5. The molecule has 0 spiro atoms. The van der Waals surface area contributed by atoms with Gasteiger partial charge in [-0.1, -0.05) is 6.07 Å². The molecule has 0 radical (unpaired) electrons. The van der Waals surface area contributed by atoms with E-state index in [2.05, 4.69) is 10.2 Å². The summed E-state index contributed by atoms with van der Waals surface area (Å²) >= 11 is 0. The van der Waals surface area contributed by atoms with E-state index in [1.54, 1.807) is 10.4 Å². The molecule has 0 aromatic heterocycles. The number of nitrogens with one attached hydrogen (secondary N) is 1. The molecule has 1 unspecified atom stereocenters. The lowest BCUT2D eigenvalue weighted by molar-refractivity contribution is 0.190.